The molecule has 2 aliphatic rings. The zero-order valence-electron chi connectivity index (χ0n) is 9.05. The number of carboxylic acid groups (broad SMARTS) is 1. The van der Waals surface area contributed by atoms with Crippen molar-refractivity contribution >= 4 is 11.9 Å². The fourth-order valence-corrected chi connectivity index (χ4v) is 2.14. The fourth-order valence-electron chi connectivity index (χ4n) is 2.14. The Morgan fingerprint density at radius 3 is 2.31 bits per heavy atom. The first-order chi connectivity index (χ1) is 7.39. The number of aliphatic carboxylic acids is 1. The van der Waals surface area contributed by atoms with Crippen molar-refractivity contribution in [2.75, 3.05) is 13.1 Å². The first kappa shape index (κ1) is 11.3. The van der Waals surface area contributed by atoms with Crippen molar-refractivity contribution in [2.45, 2.75) is 37.6 Å². The number of aliphatic hydroxyl groups is 1. The van der Waals surface area contributed by atoms with Crippen molar-refractivity contribution in [3.63, 3.8) is 0 Å². The highest BCUT2D eigenvalue weighted by molar-refractivity contribution is 5.83. The summed E-state index contributed by atoms with van der Waals surface area (Å²) in [5.74, 6) is -1.24. The van der Waals surface area contributed by atoms with Gasteiger partial charge in [0.25, 0.3) is 5.91 Å². The molecule has 6 heteroatoms. The van der Waals surface area contributed by atoms with Crippen LogP contribution in [0.4, 0.5) is 0 Å². The van der Waals surface area contributed by atoms with Gasteiger partial charge in [0.2, 0.25) is 0 Å². The fraction of sp³-hybridized carbons (Fsp3) is 0.800. The van der Waals surface area contributed by atoms with Gasteiger partial charge < -0.3 is 19.8 Å². The second-order valence-corrected chi connectivity index (χ2v) is 4.72. The molecule has 0 aromatic rings. The lowest BCUT2D eigenvalue weighted by Gasteiger charge is -2.44. The summed E-state index contributed by atoms with van der Waals surface area (Å²) >= 11 is 0. The van der Waals surface area contributed by atoms with E-state index < -0.39 is 23.8 Å². The monoisotopic (exact) mass is 229 g/mol. The number of rotatable bonds is 2. The summed E-state index contributed by atoms with van der Waals surface area (Å²) in [7, 11) is 0. The van der Waals surface area contributed by atoms with Crippen LogP contribution in [-0.2, 0) is 14.3 Å². The number of hydrogen-bond donors (Lipinski definition) is 2. The standard InChI is InChI=1S/C10H15NO5/c1-10(15)4-11(5-10)8(12)6-2-3-7(16-6)9(13)14/h6-7,15H,2-5H2,1H3,(H,13,14)/t6-,7+/m0/s1. The van der Waals surface area contributed by atoms with Gasteiger partial charge in [-0.05, 0) is 19.8 Å². The molecule has 0 aromatic carbocycles. The lowest BCUT2D eigenvalue weighted by Crippen LogP contribution is -2.63. The van der Waals surface area contributed by atoms with Crippen LogP contribution in [0.15, 0.2) is 0 Å². The first-order valence-corrected chi connectivity index (χ1v) is 5.28. The molecule has 2 rings (SSSR count). The number of nitrogens with zero attached hydrogens (tertiary/aromatic N) is 1. The Hall–Kier alpha value is -1.14. The van der Waals surface area contributed by atoms with E-state index in [1.54, 1.807) is 6.92 Å². The molecule has 0 radical (unpaired) electrons. The largest absolute Gasteiger partial charge is 0.479 e. The second-order valence-electron chi connectivity index (χ2n) is 4.72. The van der Waals surface area contributed by atoms with Crippen LogP contribution in [0.2, 0.25) is 0 Å². The summed E-state index contributed by atoms with van der Waals surface area (Å²) in [4.78, 5) is 23.9. The van der Waals surface area contributed by atoms with Crippen molar-refractivity contribution in [3.05, 3.63) is 0 Å². The molecular formula is C10H15NO5. The van der Waals surface area contributed by atoms with E-state index in [1.807, 2.05) is 0 Å². The van der Waals surface area contributed by atoms with Gasteiger partial charge in [-0.1, -0.05) is 0 Å². The van der Waals surface area contributed by atoms with Crippen molar-refractivity contribution in [1.29, 1.82) is 0 Å². The number of amides is 1. The zero-order chi connectivity index (χ0) is 11.9. The Morgan fingerprint density at radius 1 is 1.31 bits per heavy atom. The Morgan fingerprint density at radius 2 is 1.88 bits per heavy atom. The number of hydrogen-bond acceptors (Lipinski definition) is 4. The van der Waals surface area contributed by atoms with Crippen molar-refractivity contribution in [2.24, 2.45) is 0 Å². The molecule has 0 bridgehead atoms. The van der Waals surface area contributed by atoms with E-state index >= 15 is 0 Å². The van der Waals surface area contributed by atoms with Crippen LogP contribution in [0.5, 0.6) is 0 Å². The van der Waals surface area contributed by atoms with Gasteiger partial charge in [-0.3, -0.25) is 4.79 Å². The third-order valence-electron chi connectivity index (χ3n) is 2.95. The molecule has 2 heterocycles. The van der Waals surface area contributed by atoms with Gasteiger partial charge in [-0.25, -0.2) is 4.79 Å². The minimum Gasteiger partial charge on any atom is -0.479 e. The molecule has 0 aromatic heterocycles. The highest BCUT2D eigenvalue weighted by Gasteiger charge is 2.44. The molecule has 90 valence electrons. The zero-order valence-corrected chi connectivity index (χ0v) is 9.05. The van der Waals surface area contributed by atoms with Gasteiger partial charge in [0, 0.05) is 0 Å². The normalized spacial score (nSPS) is 32.2. The number of carbonyl (C=O) groups excluding carboxylic acids is 1. The third kappa shape index (κ3) is 2.03. The maximum Gasteiger partial charge on any atom is 0.332 e. The van der Waals surface area contributed by atoms with Gasteiger partial charge >= 0.3 is 5.97 Å². The number of carboxylic acids is 1. The number of ether oxygens (including phenoxy) is 1. The summed E-state index contributed by atoms with van der Waals surface area (Å²) in [5.41, 5.74) is -0.805. The number of carbonyl (C=O) groups is 2. The Kier molecular flexibility index (Phi) is 2.63. The van der Waals surface area contributed by atoms with Crippen LogP contribution in [0, 0.1) is 0 Å². The highest BCUT2D eigenvalue weighted by Crippen LogP contribution is 2.26. The van der Waals surface area contributed by atoms with Crippen molar-refractivity contribution in [3.8, 4) is 0 Å². The SMILES string of the molecule is CC1(O)CN(C(=O)[C@@H]2CC[C@H](C(=O)O)O2)C1. The maximum atomic E-state index is 11.8. The van der Waals surface area contributed by atoms with Crippen LogP contribution in [0.3, 0.4) is 0 Å². The van der Waals surface area contributed by atoms with E-state index in [9.17, 15) is 14.7 Å². The molecule has 1 amide bonds. The predicted molar refractivity (Wildman–Crippen MR) is 52.7 cm³/mol. The molecule has 2 atom stereocenters. The lowest BCUT2D eigenvalue weighted by atomic mass is 9.96. The summed E-state index contributed by atoms with van der Waals surface area (Å²) < 4.78 is 5.14. The van der Waals surface area contributed by atoms with E-state index in [0.29, 0.717) is 25.9 Å². The van der Waals surface area contributed by atoms with Gasteiger partial charge in [-0.2, -0.15) is 0 Å². The number of likely N-dealkylation sites (tertiary alicyclic amines) is 1. The van der Waals surface area contributed by atoms with Crippen LogP contribution in [0.25, 0.3) is 0 Å². The number of β-amino-alcohol motifs (C(OH)–C–C–N with tert-alkyl or cyclic N) is 1. The van der Waals surface area contributed by atoms with Crippen molar-refractivity contribution < 1.29 is 24.5 Å². The van der Waals surface area contributed by atoms with Gasteiger partial charge in [0.15, 0.2) is 6.10 Å². The van der Waals surface area contributed by atoms with Crippen LogP contribution in [0.1, 0.15) is 19.8 Å². The molecule has 0 unspecified atom stereocenters. The lowest BCUT2D eigenvalue weighted by molar-refractivity contribution is -0.166. The van der Waals surface area contributed by atoms with E-state index in [0.717, 1.165) is 0 Å². The molecule has 0 aliphatic carbocycles. The molecule has 6 nitrogen and oxygen atoms in total. The minimum absolute atomic E-state index is 0.213. The quantitative estimate of drug-likeness (QED) is 0.648. The average Bonchev–Trinajstić information content (AvgIpc) is 2.61. The van der Waals surface area contributed by atoms with Gasteiger partial charge in [0.05, 0.1) is 18.7 Å². The Labute approximate surface area is 92.8 Å². The first-order valence-electron chi connectivity index (χ1n) is 5.28. The van der Waals surface area contributed by atoms with E-state index in [1.165, 1.54) is 4.90 Å². The smallest absolute Gasteiger partial charge is 0.332 e. The summed E-state index contributed by atoms with van der Waals surface area (Å²) in [6.45, 7) is 2.25. The molecular weight excluding hydrogens is 214 g/mol. The summed E-state index contributed by atoms with van der Waals surface area (Å²) in [6, 6.07) is 0. The molecule has 0 saturated carbocycles. The molecule has 16 heavy (non-hydrogen) atoms. The average molecular weight is 229 g/mol. The van der Waals surface area contributed by atoms with Gasteiger partial charge in [-0.15, -0.1) is 0 Å². The van der Waals surface area contributed by atoms with Crippen LogP contribution in [-0.4, -0.2) is 57.9 Å². The third-order valence-corrected chi connectivity index (χ3v) is 2.95. The Balaban J connectivity index is 1.86. The molecule has 2 saturated heterocycles. The van der Waals surface area contributed by atoms with E-state index in [4.69, 9.17) is 9.84 Å². The highest BCUT2D eigenvalue weighted by atomic mass is 16.5. The molecule has 2 fully saturated rings. The molecule has 2 N–H and O–H groups in total. The van der Waals surface area contributed by atoms with E-state index in [2.05, 4.69) is 0 Å². The van der Waals surface area contributed by atoms with Crippen LogP contribution < -0.4 is 0 Å². The topological polar surface area (TPSA) is 87.1 Å². The van der Waals surface area contributed by atoms with E-state index in [-0.39, 0.29) is 5.91 Å². The maximum absolute atomic E-state index is 11.8. The van der Waals surface area contributed by atoms with Crippen molar-refractivity contribution in [1.82, 2.24) is 4.90 Å². The summed E-state index contributed by atoms with van der Waals surface area (Å²) in [5, 5.41) is 18.2. The molecule has 0 spiro atoms. The Bertz CT molecular complexity index is 319. The predicted octanol–water partition coefficient (Wildman–Crippen LogP) is -0.788. The van der Waals surface area contributed by atoms with Gasteiger partial charge in [0.1, 0.15) is 6.10 Å². The minimum atomic E-state index is -1.02. The molecule has 2 aliphatic heterocycles. The summed E-state index contributed by atoms with van der Waals surface area (Å²) in [6.07, 6.45) is -0.710. The second kappa shape index (κ2) is 3.71. The van der Waals surface area contributed by atoms with Crippen LogP contribution >= 0.6 is 0 Å².